The monoisotopic (exact) mass is 292 g/mol. The third-order valence-corrected chi connectivity index (χ3v) is 4.06. The number of benzene rings is 1. The topological polar surface area (TPSA) is 42.0 Å². The van der Waals surface area contributed by atoms with Crippen molar-refractivity contribution in [3.8, 4) is 0 Å². The Kier molecular flexibility index (Phi) is 4.49. The molecule has 0 aliphatic heterocycles. The van der Waals surface area contributed by atoms with Crippen molar-refractivity contribution in [2.24, 2.45) is 0 Å². The van der Waals surface area contributed by atoms with E-state index in [1.165, 1.54) is 12.1 Å². The van der Waals surface area contributed by atoms with Gasteiger partial charge in [-0.25, -0.2) is 9.37 Å². The summed E-state index contributed by atoms with van der Waals surface area (Å²) in [5.74, 6) is -0.0713. The molecule has 1 heterocycles. The highest BCUT2D eigenvalue weighted by Crippen LogP contribution is 2.20. The third kappa shape index (κ3) is 3.63. The summed E-state index contributed by atoms with van der Waals surface area (Å²) in [6, 6.07) is 4.31. The fourth-order valence-corrected chi connectivity index (χ4v) is 2.63. The molecule has 106 valence electrons. The number of anilines is 1. The van der Waals surface area contributed by atoms with E-state index in [2.05, 4.69) is 24.1 Å². The number of nitrogens with zero attached hydrogens (tertiary/aromatic N) is 1. The number of halogens is 1. The Morgan fingerprint density at radius 1 is 1.45 bits per heavy atom. The first-order valence-electron chi connectivity index (χ1n) is 6.46. The second-order valence-corrected chi connectivity index (χ2v) is 5.91. The fourth-order valence-electron chi connectivity index (χ4n) is 1.80. The molecule has 0 fully saturated rings. The van der Waals surface area contributed by atoms with Gasteiger partial charge >= 0.3 is 0 Å². The van der Waals surface area contributed by atoms with E-state index in [9.17, 15) is 9.18 Å². The number of thiazole rings is 1. The van der Waals surface area contributed by atoms with Gasteiger partial charge in [-0.15, -0.1) is 11.3 Å². The summed E-state index contributed by atoms with van der Waals surface area (Å²) in [5.41, 5.74) is 2.12. The van der Waals surface area contributed by atoms with E-state index in [4.69, 9.17) is 0 Å². The molecule has 1 aromatic heterocycles. The van der Waals surface area contributed by atoms with E-state index in [1.54, 1.807) is 24.3 Å². The molecule has 0 atom stereocenters. The van der Waals surface area contributed by atoms with Crippen LogP contribution >= 0.6 is 11.3 Å². The number of nitrogens with one attached hydrogen (secondary N) is 1. The Hall–Kier alpha value is -1.75. The second-order valence-electron chi connectivity index (χ2n) is 5.02. The van der Waals surface area contributed by atoms with Gasteiger partial charge in [0.15, 0.2) is 0 Å². The van der Waals surface area contributed by atoms with Crippen molar-refractivity contribution in [2.75, 3.05) is 5.32 Å². The van der Waals surface area contributed by atoms with Gasteiger partial charge in [0.05, 0.1) is 17.1 Å². The van der Waals surface area contributed by atoms with Crippen LogP contribution in [0.4, 0.5) is 10.1 Å². The number of rotatable bonds is 4. The van der Waals surface area contributed by atoms with E-state index in [0.717, 1.165) is 10.7 Å². The first kappa shape index (κ1) is 14.7. The molecule has 0 bridgehead atoms. The molecule has 1 aromatic carbocycles. The van der Waals surface area contributed by atoms with Gasteiger partial charge in [0.25, 0.3) is 0 Å². The maximum atomic E-state index is 13.0. The van der Waals surface area contributed by atoms with Crippen LogP contribution in [-0.4, -0.2) is 10.9 Å². The van der Waals surface area contributed by atoms with Crippen LogP contribution in [0.3, 0.4) is 0 Å². The smallest absolute Gasteiger partial charge is 0.230 e. The first-order chi connectivity index (χ1) is 9.45. The van der Waals surface area contributed by atoms with Gasteiger partial charge in [0.1, 0.15) is 5.82 Å². The molecule has 0 spiro atoms. The van der Waals surface area contributed by atoms with Crippen LogP contribution < -0.4 is 5.32 Å². The SMILES string of the molecule is Cc1cc(F)ccc1NC(=O)Cc1csc(C(C)C)n1. The highest BCUT2D eigenvalue weighted by atomic mass is 32.1. The Balaban J connectivity index is 2.01. The van der Waals surface area contributed by atoms with Crippen LogP contribution in [0, 0.1) is 12.7 Å². The molecule has 0 saturated heterocycles. The zero-order valence-corrected chi connectivity index (χ0v) is 12.6. The lowest BCUT2D eigenvalue weighted by Crippen LogP contribution is -2.15. The molecule has 3 nitrogen and oxygen atoms in total. The average Bonchev–Trinajstić information content (AvgIpc) is 2.81. The van der Waals surface area contributed by atoms with Gasteiger partial charge in [-0.3, -0.25) is 4.79 Å². The Morgan fingerprint density at radius 3 is 2.80 bits per heavy atom. The molecule has 2 aromatic rings. The lowest BCUT2D eigenvalue weighted by molar-refractivity contribution is -0.115. The van der Waals surface area contributed by atoms with Crippen LogP contribution in [0.2, 0.25) is 0 Å². The number of amides is 1. The van der Waals surface area contributed by atoms with Crippen LogP contribution in [0.15, 0.2) is 23.6 Å². The van der Waals surface area contributed by atoms with Gasteiger partial charge in [-0.2, -0.15) is 0 Å². The summed E-state index contributed by atoms with van der Waals surface area (Å²) in [6.07, 6.45) is 0.236. The van der Waals surface area contributed by atoms with Crippen molar-refractivity contribution in [1.82, 2.24) is 4.98 Å². The quantitative estimate of drug-likeness (QED) is 0.928. The normalized spacial score (nSPS) is 10.8. The van der Waals surface area contributed by atoms with Crippen molar-refractivity contribution in [2.45, 2.75) is 33.1 Å². The number of carbonyl (C=O) groups excluding carboxylic acids is 1. The van der Waals surface area contributed by atoms with Crippen LogP contribution in [0.1, 0.15) is 36.0 Å². The van der Waals surface area contributed by atoms with Crippen molar-refractivity contribution >= 4 is 22.9 Å². The van der Waals surface area contributed by atoms with Crippen molar-refractivity contribution in [1.29, 1.82) is 0 Å². The van der Waals surface area contributed by atoms with Crippen LogP contribution in [0.5, 0.6) is 0 Å². The molecule has 0 aliphatic rings. The molecule has 1 N–H and O–H groups in total. The lowest BCUT2D eigenvalue weighted by Gasteiger charge is -2.07. The molecule has 0 radical (unpaired) electrons. The summed E-state index contributed by atoms with van der Waals surface area (Å²) in [5, 5.41) is 5.73. The predicted molar refractivity (Wildman–Crippen MR) is 79.7 cm³/mol. The first-order valence-corrected chi connectivity index (χ1v) is 7.34. The molecular weight excluding hydrogens is 275 g/mol. The molecule has 0 unspecified atom stereocenters. The van der Waals surface area contributed by atoms with Gasteiger partial charge < -0.3 is 5.32 Å². The van der Waals surface area contributed by atoms with E-state index in [0.29, 0.717) is 17.2 Å². The van der Waals surface area contributed by atoms with E-state index in [-0.39, 0.29) is 18.1 Å². The summed E-state index contributed by atoms with van der Waals surface area (Å²) in [6.45, 7) is 5.91. The Bertz CT molecular complexity index is 622. The molecule has 2 rings (SSSR count). The number of hydrogen-bond donors (Lipinski definition) is 1. The van der Waals surface area contributed by atoms with E-state index in [1.807, 2.05) is 5.38 Å². The van der Waals surface area contributed by atoms with Crippen molar-refractivity contribution in [3.63, 3.8) is 0 Å². The van der Waals surface area contributed by atoms with Crippen molar-refractivity contribution < 1.29 is 9.18 Å². The number of aromatic nitrogens is 1. The standard InChI is InChI=1S/C15H17FN2OS/c1-9(2)15-17-12(8-20-15)7-14(19)18-13-5-4-11(16)6-10(13)3/h4-6,8-9H,7H2,1-3H3,(H,18,19). The summed E-state index contributed by atoms with van der Waals surface area (Å²) in [7, 11) is 0. The molecule has 20 heavy (non-hydrogen) atoms. The minimum Gasteiger partial charge on any atom is -0.326 e. The lowest BCUT2D eigenvalue weighted by atomic mass is 10.2. The van der Waals surface area contributed by atoms with E-state index < -0.39 is 0 Å². The number of hydrogen-bond acceptors (Lipinski definition) is 3. The molecule has 0 saturated carbocycles. The minimum absolute atomic E-state index is 0.139. The Morgan fingerprint density at radius 2 is 2.20 bits per heavy atom. The van der Waals surface area contributed by atoms with Gasteiger partial charge in [0.2, 0.25) is 5.91 Å². The fraction of sp³-hybridized carbons (Fsp3) is 0.333. The highest BCUT2D eigenvalue weighted by molar-refractivity contribution is 7.09. The molecule has 1 amide bonds. The summed E-state index contributed by atoms with van der Waals surface area (Å²) < 4.78 is 13.0. The molecule has 5 heteroatoms. The van der Waals surface area contributed by atoms with E-state index >= 15 is 0 Å². The molecule has 0 aliphatic carbocycles. The zero-order valence-electron chi connectivity index (χ0n) is 11.7. The van der Waals surface area contributed by atoms with Crippen LogP contribution in [-0.2, 0) is 11.2 Å². The Labute approximate surface area is 121 Å². The number of aryl methyl sites for hydroxylation is 1. The zero-order chi connectivity index (χ0) is 14.7. The summed E-state index contributed by atoms with van der Waals surface area (Å²) in [4.78, 5) is 16.4. The molecular formula is C15H17FN2OS. The minimum atomic E-state index is -0.304. The predicted octanol–water partition coefficient (Wildman–Crippen LogP) is 3.90. The van der Waals surface area contributed by atoms with Gasteiger partial charge in [0, 0.05) is 17.0 Å². The largest absolute Gasteiger partial charge is 0.326 e. The van der Waals surface area contributed by atoms with Crippen molar-refractivity contribution in [3.05, 3.63) is 45.7 Å². The number of carbonyl (C=O) groups is 1. The highest BCUT2D eigenvalue weighted by Gasteiger charge is 2.11. The second kappa shape index (κ2) is 6.13. The van der Waals surface area contributed by atoms with Gasteiger partial charge in [-0.05, 0) is 30.7 Å². The summed E-state index contributed by atoms with van der Waals surface area (Å²) >= 11 is 1.57. The van der Waals surface area contributed by atoms with Crippen LogP contribution in [0.25, 0.3) is 0 Å². The maximum absolute atomic E-state index is 13.0. The average molecular weight is 292 g/mol. The van der Waals surface area contributed by atoms with Gasteiger partial charge in [-0.1, -0.05) is 13.8 Å². The third-order valence-electron chi connectivity index (χ3n) is 2.87. The maximum Gasteiger partial charge on any atom is 0.230 e.